The fourth-order valence-corrected chi connectivity index (χ4v) is 5.49. The Morgan fingerprint density at radius 1 is 1.10 bits per heavy atom. The highest BCUT2D eigenvalue weighted by Gasteiger charge is 2.17. The first-order chi connectivity index (χ1) is 14.9. The summed E-state index contributed by atoms with van der Waals surface area (Å²) in [5, 5.41) is 4.80. The monoisotopic (exact) mass is 455 g/mol. The molecule has 31 heavy (non-hydrogen) atoms. The van der Waals surface area contributed by atoms with Crippen LogP contribution in [0.25, 0.3) is 0 Å². The molecule has 8 heteroatoms. The van der Waals surface area contributed by atoms with Crippen molar-refractivity contribution in [3.8, 4) is 0 Å². The van der Waals surface area contributed by atoms with E-state index in [1.54, 1.807) is 12.1 Å². The van der Waals surface area contributed by atoms with Gasteiger partial charge in [0.1, 0.15) is 0 Å². The Bertz CT molecular complexity index is 1170. The van der Waals surface area contributed by atoms with Gasteiger partial charge in [-0.3, -0.25) is 4.79 Å². The smallest absolute Gasteiger partial charge is 0.251 e. The SMILES string of the molecule is CN1CCCc2cc(CNC(=O)c3cccc(S(=O)(=O)NCc4cccs4)c3)ccc21. The van der Waals surface area contributed by atoms with Crippen molar-refractivity contribution in [1.29, 1.82) is 0 Å². The van der Waals surface area contributed by atoms with Crippen molar-refractivity contribution in [1.82, 2.24) is 10.0 Å². The summed E-state index contributed by atoms with van der Waals surface area (Å²) in [5.74, 6) is -0.301. The number of carbonyl (C=O) groups is 1. The number of thiophene rings is 1. The van der Waals surface area contributed by atoms with Crippen molar-refractivity contribution >= 4 is 33.0 Å². The van der Waals surface area contributed by atoms with Gasteiger partial charge in [-0.1, -0.05) is 24.3 Å². The van der Waals surface area contributed by atoms with E-state index in [1.807, 2.05) is 23.6 Å². The third-order valence-corrected chi connectivity index (χ3v) is 7.65. The molecule has 2 heterocycles. The van der Waals surface area contributed by atoms with Crippen LogP contribution in [-0.2, 0) is 29.5 Å². The number of anilines is 1. The maximum absolute atomic E-state index is 12.6. The molecule has 0 radical (unpaired) electrons. The average molecular weight is 456 g/mol. The number of hydrogen-bond donors (Lipinski definition) is 2. The van der Waals surface area contributed by atoms with Crippen molar-refractivity contribution in [3.63, 3.8) is 0 Å². The molecule has 1 amide bonds. The zero-order valence-corrected chi connectivity index (χ0v) is 18.9. The number of aryl methyl sites for hydroxylation is 1. The van der Waals surface area contributed by atoms with Gasteiger partial charge in [-0.2, -0.15) is 0 Å². The number of sulfonamides is 1. The van der Waals surface area contributed by atoms with E-state index in [1.165, 1.54) is 34.7 Å². The van der Waals surface area contributed by atoms with Crippen molar-refractivity contribution in [2.45, 2.75) is 30.8 Å². The third kappa shape index (κ3) is 5.15. The van der Waals surface area contributed by atoms with E-state index in [2.05, 4.69) is 34.1 Å². The van der Waals surface area contributed by atoms with Crippen LogP contribution in [0.1, 0.15) is 32.8 Å². The number of nitrogens with zero attached hydrogens (tertiary/aromatic N) is 1. The maximum Gasteiger partial charge on any atom is 0.251 e. The molecule has 1 aliphatic heterocycles. The van der Waals surface area contributed by atoms with Gasteiger partial charge in [0.05, 0.1) is 4.90 Å². The largest absolute Gasteiger partial charge is 0.374 e. The molecule has 3 aromatic rings. The predicted molar refractivity (Wildman–Crippen MR) is 124 cm³/mol. The summed E-state index contributed by atoms with van der Waals surface area (Å²) in [5.41, 5.74) is 3.89. The van der Waals surface area contributed by atoms with Crippen molar-refractivity contribution in [2.24, 2.45) is 0 Å². The first-order valence-electron chi connectivity index (χ1n) is 10.2. The Morgan fingerprint density at radius 3 is 2.77 bits per heavy atom. The number of amides is 1. The van der Waals surface area contributed by atoms with Crippen LogP contribution >= 0.6 is 11.3 Å². The van der Waals surface area contributed by atoms with Gasteiger partial charge in [-0.25, -0.2) is 13.1 Å². The highest BCUT2D eigenvalue weighted by Crippen LogP contribution is 2.26. The second kappa shape index (κ2) is 9.21. The van der Waals surface area contributed by atoms with Gasteiger partial charge >= 0.3 is 0 Å². The van der Waals surface area contributed by atoms with Gasteiger partial charge in [0, 0.05) is 42.8 Å². The Hall–Kier alpha value is -2.68. The topological polar surface area (TPSA) is 78.5 Å². The molecule has 6 nitrogen and oxygen atoms in total. The van der Waals surface area contributed by atoms with Crippen molar-refractivity contribution in [2.75, 3.05) is 18.5 Å². The van der Waals surface area contributed by atoms with E-state index >= 15 is 0 Å². The van der Waals surface area contributed by atoms with Gasteiger partial charge in [-0.15, -0.1) is 11.3 Å². The zero-order chi connectivity index (χ0) is 21.8. The molecule has 0 aliphatic carbocycles. The number of fused-ring (bicyclic) bond motifs is 1. The lowest BCUT2D eigenvalue weighted by Crippen LogP contribution is -2.26. The Kier molecular flexibility index (Phi) is 6.41. The lowest BCUT2D eigenvalue weighted by Gasteiger charge is -2.27. The first kappa shape index (κ1) is 21.5. The lowest BCUT2D eigenvalue weighted by atomic mass is 9.99. The standard InChI is InChI=1S/C23H25N3O3S2/c1-26-11-3-6-18-13-17(9-10-22(18)26)15-24-23(27)19-5-2-8-21(14-19)31(28,29)25-16-20-7-4-12-30-20/h2,4-5,7-10,12-14,25H,3,6,11,15-16H2,1H3,(H,24,27). The molecule has 4 rings (SSSR count). The van der Waals surface area contributed by atoms with Crippen LogP contribution in [-0.4, -0.2) is 27.9 Å². The molecule has 0 atom stereocenters. The van der Waals surface area contributed by atoms with E-state index in [0.29, 0.717) is 12.1 Å². The highest BCUT2D eigenvalue weighted by molar-refractivity contribution is 7.89. The van der Waals surface area contributed by atoms with E-state index in [-0.39, 0.29) is 17.3 Å². The minimum atomic E-state index is -3.70. The molecular formula is C23H25N3O3S2. The number of nitrogens with one attached hydrogen (secondary N) is 2. The predicted octanol–water partition coefficient (Wildman–Crippen LogP) is 3.54. The quantitative estimate of drug-likeness (QED) is 0.571. The minimum Gasteiger partial charge on any atom is -0.374 e. The summed E-state index contributed by atoms with van der Waals surface area (Å²) >= 11 is 1.49. The van der Waals surface area contributed by atoms with Gasteiger partial charge in [0.25, 0.3) is 5.91 Å². The summed E-state index contributed by atoms with van der Waals surface area (Å²) < 4.78 is 27.8. The molecule has 0 spiro atoms. The van der Waals surface area contributed by atoms with Crippen molar-refractivity contribution in [3.05, 3.63) is 81.5 Å². The summed E-state index contributed by atoms with van der Waals surface area (Å²) in [7, 11) is -1.61. The Morgan fingerprint density at radius 2 is 1.97 bits per heavy atom. The maximum atomic E-state index is 12.6. The second-order valence-electron chi connectivity index (χ2n) is 7.60. The second-order valence-corrected chi connectivity index (χ2v) is 10.4. The summed E-state index contributed by atoms with van der Waals surface area (Å²) in [6, 6.07) is 16.1. The lowest BCUT2D eigenvalue weighted by molar-refractivity contribution is 0.0950. The van der Waals surface area contributed by atoms with Crippen molar-refractivity contribution < 1.29 is 13.2 Å². The molecule has 2 aromatic carbocycles. The summed E-state index contributed by atoms with van der Waals surface area (Å²) in [6.07, 6.45) is 2.17. The molecule has 0 fully saturated rings. The van der Waals surface area contributed by atoms with Crippen LogP contribution in [0.3, 0.4) is 0 Å². The molecule has 162 valence electrons. The fraction of sp³-hybridized carbons (Fsp3) is 0.261. The van der Waals surface area contributed by atoms with Crippen LogP contribution in [0.15, 0.2) is 64.9 Å². The normalized spacial score (nSPS) is 13.6. The molecule has 0 bridgehead atoms. The Labute approximate surface area is 187 Å². The van der Waals surface area contributed by atoms with Crippen LogP contribution in [0.5, 0.6) is 0 Å². The molecule has 0 saturated heterocycles. The molecular weight excluding hydrogens is 430 g/mol. The van der Waals surface area contributed by atoms with Gasteiger partial charge in [0.15, 0.2) is 0 Å². The molecule has 1 aliphatic rings. The van der Waals surface area contributed by atoms with Gasteiger partial charge < -0.3 is 10.2 Å². The van der Waals surface area contributed by atoms with E-state index in [0.717, 1.165) is 29.8 Å². The van der Waals surface area contributed by atoms with Crippen LogP contribution in [0, 0.1) is 0 Å². The molecule has 2 N–H and O–H groups in total. The van der Waals surface area contributed by atoms with Crippen LogP contribution in [0.2, 0.25) is 0 Å². The van der Waals surface area contributed by atoms with Crippen LogP contribution in [0.4, 0.5) is 5.69 Å². The zero-order valence-electron chi connectivity index (χ0n) is 17.3. The van der Waals surface area contributed by atoms with E-state index in [4.69, 9.17) is 0 Å². The number of carbonyl (C=O) groups excluding carboxylic acids is 1. The Balaban J connectivity index is 1.41. The van der Waals surface area contributed by atoms with Gasteiger partial charge in [0.2, 0.25) is 10.0 Å². The number of hydrogen-bond acceptors (Lipinski definition) is 5. The number of benzene rings is 2. The number of rotatable bonds is 7. The third-order valence-electron chi connectivity index (χ3n) is 5.37. The van der Waals surface area contributed by atoms with E-state index in [9.17, 15) is 13.2 Å². The minimum absolute atomic E-state index is 0.0773. The molecule has 1 aromatic heterocycles. The first-order valence-corrected chi connectivity index (χ1v) is 12.5. The summed E-state index contributed by atoms with van der Waals surface area (Å²) in [6.45, 7) is 1.68. The molecule has 0 unspecified atom stereocenters. The van der Waals surface area contributed by atoms with Crippen LogP contribution < -0.4 is 14.9 Å². The van der Waals surface area contributed by atoms with E-state index < -0.39 is 10.0 Å². The summed E-state index contributed by atoms with van der Waals surface area (Å²) in [4.78, 5) is 15.9. The average Bonchev–Trinajstić information content (AvgIpc) is 3.30. The highest BCUT2D eigenvalue weighted by atomic mass is 32.2. The molecule has 0 saturated carbocycles. The van der Waals surface area contributed by atoms with Gasteiger partial charge in [-0.05, 0) is 59.7 Å². The fourth-order valence-electron chi connectivity index (χ4n) is 3.70.